The number of nitrogens with one attached hydrogen (secondary N) is 1. The zero-order valence-electron chi connectivity index (χ0n) is 6.21. The van der Waals surface area contributed by atoms with Crippen molar-refractivity contribution < 1.29 is 25.2 Å². The van der Waals surface area contributed by atoms with Gasteiger partial charge in [0.05, 0.1) is 6.61 Å². The molecule has 6 heteroatoms. The van der Waals surface area contributed by atoms with Crippen LogP contribution in [-0.2, 0) is 4.74 Å². The SMILES string of the molecule is N=C1O[C@H](CO)[C@H](O)[C@H](O)[C@H]1O. The molecule has 0 aliphatic carbocycles. The van der Waals surface area contributed by atoms with E-state index in [1.165, 1.54) is 0 Å². The maximum absolute atomic E-state index is 9.13. The summed E-state index contributed by atoms with van der Waals surface area (Å²) in [7, 11) is 0. The van der Waals surface area contributed by atoms with Gasteiger partial charge in [-0.3, -0.25) is 5.41 Å². The van der Waals surface area contributed by atoms with E-state index in [-0.39, 0.29) is 0 Å². The van der Waals surface area contributed by atoms with Crippen LogP contribution in [0.3, 0.4) is 0 Å². The van der Waals surface area contributed by atoms with E-state index in [1.807, 2.05) is 0 Å². The Balaban J connectivity index is 2.70. The topological polar surface area (TPSA) is 114 Å². The lowest BCUT2D eigenvalue weighted by atomic mass is 10.00. The average molecular weight is 177 g/mol. The van der Waals surface area contributed by atoms with Crippen molar-refractivity contribution in [2.45, 2.75) is 24.4 Å². The Morgan fingerprint density at radius 1 is 1.25 bits per heavy atom. The summed E-state index contributed by atoms with van der Waals surface area (Å²) in [4.78, 5) is 0. The van der Waals surface area contributed by atoms with Crippen molar-refractivity contribution in [3.8, 4) is 0 Å². The van der Waals surface area contributed by atoms with Crippen molar-refractivity contribution in [2.75, 3.05) is 6.61 Å². The maximum Gasteiger partial charge on any atom is 0.213 e. The van der Waals surface area contributed by atoms with Crippen LogP contribution in [0, 0.1) is 5.41 Å². The van der Waals surface area contributed by atoms with Crippen LogP contribution in [0.15, 0.2) is 0 Å². The molecule has 70 valence electrons. The highest BCUT2D eigenvalue weighted by atomic mass is 16.5. The highest BCUT2D eigenvalue weighted by Gasteiger charge is 2.41. The molecule has 0 aromatic rings. The first-order chi connectivity index (χ1) is 5.57. The minimum Gasteiger partial charge on any atom is -0.471 e. The zero-order chi connectivity index (χ0) is 9.30. The standard InChI is InChI=1S/C6H11NO5/c7-6-5(11)4(10)3(9)2(1-8)12-6/h2-5,7-11H,1H2/t2-,3+,4+,5-/m1/s1. The number of ether oxygens (including phenoxy) is 1. The van der Waals surface area contributed by atoms with E-state index in [1.54, 1.807) is 0 Å². The summed E-state index contributed by atoms with van der Waals surface area (Å²) >= 11 is 0. The largest absolute Gasteiger partial charge is 0.471 e. The van der Waals surface area contributed by atoms with E-state index < -0.39 is 36.9 Å². The molecule has 12 heavy (non-hydrogen) atoms. The first kappa shape index (κ1) is 9.40. The van der Waals surface area contributed by atoms with Crippen LogP contribution >= 0.6 is 0 Å². The van der Waals surface area contributed by atoms with Crippen molar-refractivity contribution in [3.05, 3.63) is 0 Å². The molecule has 0 unspecified atom stereocenters. The van der Waals surface area contributed by atoms with Gasteiger partial charge in [-0.15, -0.1) is 0 Å². The van der Waals surface area contributed by atoms with Crippen LogP contribution in [0.25, 0.3) is 0 Å². The average Bonchev–Trinajstić information content (AvgIpc) is 2.08. The third-order valence-electron chi connectivity index (χ3n) is 1.78. The highest BCUT2D eigenvalue weighted by Crippen LogP contribution is 2.16. The Morgan fingerprint density at radius 3 is 2.33 bits per heavy atom. The van der Waals surface area contributed by atoms with Gasteiger partial charge in [-0.25, -0.2) is 0 Å². The van der Waals surface area contributed by atoms with Gasteiger partial charge in [-0.2, -0.15) is 0 Å². The van der Waals surface area contributed by atoms with Crippen LogP contribution < -0.4 is 0 Å². The van der Waals surface area contributed by atoms with Crippen molar-refractivity contribution in [2.24, 2.45) is 0 Å². The monoisotopic (exact) mass is 177 g/mol. The highest BCUT2D eigenvalue weighted by molar-refractivity contribution is 5.79. The lowest BCUT2D eigenvalue weighted by Gasteiger charge is -2.34. The molecular weight excluding hydrogens is 166 g/mol. The van der Waals surface area contributed by atoms with E-state index >= 15 is 0 Å². The smallest absolute Gasteiger partial charge is 0.213 e. The lowest BCUT2D eigenvalue weighted by molar-refractivity contribution is -0.129. The Kier molecular flexibility index (Phi) is 2.63. The van der Waals surface area contributed by atoms with Gasteiger partial charge in [-0.05, 0) is 0 Å². The fraction of sp³-hybridized carbons (Fsp3) is 0.833. The van der Waals surface area contributed by atoms with Crippen molar-refractivity contribution in [1.29, 1.82) is 5.41 Å². The molecule has 1 heterocycles. The summed E-state index contributed by atoms with van der Waals surface area (Å²) in [5, 5.41) is 42.8. The normalized spacial score (nSPS) is 42.5. The molecule has 1 fully saturated rings. The Labute approximate surface area is 68.5 Å². The molecule has 6 nitrogen and oxygen atoms in total. The first-order valence-electron chi connectivity index (χ1n) is 3.48. The Hall–Kier alpha value is -0.690. The summed E-state index contributed by atoms with van der Waals surface area (Å²) in [6.07, 6.45) is -5.37. The van der Waals surface area contributed by atoms with Gasteiger partial charge in [0.15, 0.2) is 12.2 Å². The molecule has 5 N–H and O–H groups in total. The Bertz CT molecular complexity index is 183. The van der Waals surface area contributed by atoms with Crippen LogP contribution in [0.1, 0.15) is 0 Å². The van der Waals surface area contributed by atoms with E-state index in [9.17, 15) is 0 Å². The van der Waals surface area contributed by atoms with Gasteiger partial charge >= 0.3 is 0 Å². The molecule has 1 saturated heterocycles. The second kappa shape index (κ2) is 3.36. The minimum absolute atomic E-state index is 0.507. The molecule has 0 radical (unpaired) electrons. The third-order valence-corrected chi connectivity index (χ3v) is 1.78. The summed E-state index contributed by atoms with van der Waals surface area (Å²) in [6, 6.07) is 0. The van der Waals surface area contributed by atoms with Crippen molar-refractivity contribution >= 4 is 5.90 Å². The molecule has 0 aromatic heterocycles. The predicted octanol–water partition coefficient (Wildman–Crippen LogP) is -2.56. The maximum atomic E-state index is 9.13. The minimum atomic E-state index is -1.51. The van der Waals surface area contributed by atoms with E-state index in [4.69, 9.17) is 25.8 Å². The van der Waals surface area contributed by atoms with Crippen LogP contribution in [0.5, 0.6) is 0 Å². The van der Waals surface area contributed by atoms with Gasteiger partial charge in [0.1, 0.15) is 12.2 Å². The number of aliphatic hydroxyl groups excluding tert-OH is 4. The molecule has 1 aliphatic heterocycles. The first-order valence-corrected chi connectivity index (χ1v) is 3.48. The third kappa shape index (κ3) is 1.42. The summed E-state index contributed by atoms with van der Waals surface area (Å²) in [5.74, 6) is -0.535. The Morgan fingerprint density at radius 2 is 1.83 bits per heavy atom. The number of hydrogen-bond donors (Lipinski definition) is 5. The van der Waals surface area contributed by atoms with Gasteiger partial charge in [0.25, 0.3) is 0 Å². The number of rotatable bonds is 1. The number of hydrogen-bond acceptors (Lipinski definition) is 6. The molecule has 1 rings (SSSR count). The van der Waals surface area contributed by atoms with Crippen LogP contribution in [0.4, 0.5) is 0 Å². The molecule has 1 aliphatic rings. The second-order valence-corrected chi connectivity index (χ2v) is 2.63. The van der Waals surface area contributed by atoms with Gasteiger partial charge in [0.2, 0.25) is 5.90 Å². The lowest BCUT2D eigenvalue weighted by Crippen LogP contribution is -2.56. The number of aliphatic hydroxyl groups is 4. The summed E-state index contributed by atoms with van der Waals surface area (Å²) in [5.41, 5.74) is 0. The molecule has 0 amide bonds. The zero-order valence-corrected chi connectivity index (χ0v) is 6.21. The van der Waals surface area contributed by atoms with Crippen LogP contribution in [-0.4, -0.2) is 57.3 Å². The van der Waals surface area contributed by atoms with Crippen molar-refractivity contribution in [1.82, 2.24) is 0 Å². The molecule has 0 spiro atoms. The fourth-order valence-corrected chi connectivity index (χ4v) is 1.01. The molecule has 0 aromatic carbocycles. The van der Waals surface area contributed by atoms with Gasteiger partial charge < -0.3 is 25.2 Å². The summed E-state index contributed by atoms with van der Waals surface area (Å²) < 4.78 is 4.60. The second-order valence-electron chi connectivity index (χ2n) is 2.63. The predicted molar refractivity (Wildman–Crippen MR) is 37.7 cm³/mol. The summed E-state index contributed by atoms with van der Waals surface area (Å²) in [6.45, 7) is -0.507. The van der Waals surface area contributed by atoms with Gasteiger partial charge in [-0.1, -0.05) is 0 Å². The van der Waals surface area contributed by atoms with E-state index in [2.05, 4.69) is 4.74 Å². The molecule has 0 saturated carbocycles. The fourth-order valence-electron chi connectivity index (χ4n) is 1.01. The molecule has 4 atom stereocenters. The molecule has 0 bridgehead atoms. The van der Waals surface area contributed by atoms with E-state index in [0.717, 1.165) is 0 Å². The van der Waals surface area contributed by atoms with Crippen LogP contribution in [0.2, 0.25) is 0 Å². The quantitative estimate of drug-likeness (QED) is 0.302. The molecular formula is C6H11NO5. The van der Waals surface area contributed by atoms with E-state index in [0.29, 0.717) is 0 Å². The van der Waals surface area contributed by atoms with Gasteiger partial charge in [0, 0.05) is 0 Å². The van der Waals surface area contributed by atoms with Crippen molar-refractivity contribution in [3.63, 3.8) is 0 Å².